The molecule has 0 atom stereocenters. The lowest BCUT2D eigenvalue weighted by Crippen LogP contribution is -2.10. The maximum absolute atomic E-state index is 12.4. The van der Waals surface area contributed by atoms with Crippen molar-refractivity contribution in [1.82, 2.24) is 0 Å². The molecule has 0 unspecified atom stereocenters. The third kappa shape index (κ3) is 4.55. The lowest BCUT2D eigenvalue weighted by atomic mass is 10.2. The van der Waals surface area contributed by atoms with Crippen LogP contribution in [0.2, 0.25) is 0 Å². The van der Waals surface area contributed by atoms with Crippen molar-refractivity contribution in [2.75, 3.05) is 25.1 Å². The molecule has 0 fully saturated rings. The molecule has 1 rings (SSSR count). The molecule has 0 heterocycles. The molecule has 0 amide bonds. The van der Waals surface area contributed by atoms with Crippen LogP contribution in [0.15, 0.2) is 22.7 Å². The summed E-state index contributed by atoms with van der Waals surface area (Å²) < 4.78 is 42.7. The van der Waals surface area contributed by atoms with Crippen molar-refractivity contribution in [2.24, 2.45) is 0 Å². The van der Waals surface area contributed by atoms with Gasteiger partial charge < -0.3 is 10.1 Å². The number of hydrogen-bond donors (Lipinski definition) is 1. The van der Waals surface area contributed by atoms with Crippen molar-refractivity contribution in [3.05, 3.63) is 28.2 Å². The topological polar surface area (TPSA) is 21.3 Å². The Bertz CT molecular complexity index is 368. The average molecular weight is 312 g/mol. The molecule has 0 aliphatic rings. The van der Waals surface area contributed by atoms with Gasteiger partial charge in [0, 0.05) is 23.3 Å². The van der Waals surface area contributed by atoms with Gasteiger partial charge in [-0.2, -0.15) is 13.2 Å². The molecule has 2 nitrogen and oxygen atoms in total. The summed E-state index contributed by atoms with van der Waals surface area (Å²) in [6.45, 7) is 3.58. The van der Waals surface area contributed by atoms with Gasteiger partial charge in [0.15, 0.2) is 0 Å². The van der Waals surface area contributed by atoms with E-state index in [9.17, 15) is 13.2 Å². The molecule has 0 aromatic heterocycles. The van der Waals surface area contributed by atoms with E-state index in [1.165, 1.54) is 6.07 Å². The summed E-state index contributed by atoms with van der Waals surface area (Å²) in [6, 6.07) is 3.51. The van der Waals surface area contributed by atoms with Crippen LogP contribution in [0.3, 0.4) is 0 Å². The van der Waals surface area contributed by atoms with Crippen molar-refractivity contribution in [2.45, 2.75) is 13.1 Å². The maximum atomic E-state index is 12.4. The van der Waals surface area contributed by atoms with Gasteiger partial charge in [-0.05, 0) is 41.1 Å². The summed E-state index contributed by atoms with van der Waals surface area (Å²) in [5.41, 5.74) is -0.0440. The Morgan fingerprint density at radius 2 is 2.06 bits per heavy atom. The van der Waals surface area contributed by atoms with E-state index in [4.69, 9.17) is 4.74 Å². The van der Waals surface area contributed by atoms with Crippen molar-refractivity contribution in [3.63, 3.8) is 0 Å². The molecule has 1 N–H and O–H groups in total. The summed E-state index contributed by atoms with van der Waals surface area (Å²) in [6.07, 6.45) is -4.31. The van der Waals surface area contributed by atoms with E-state index in [0.29, 0.717) is 29.9 Å². The summed E-state index contributed by atoms with van der Waals surface area (Å²) >= 11 is 3.11. The highest BCUT2D eigenvalue weighted by Crippen LogP contribution is 2.33. The van der Waals surface area contributed by atoms with Gasteiger partial charge in [-0.1, -0.05) is 0 Å². The zero-order valence-electron chi connectivity index (χ0n) is 9.27. The van der Waals surface area contributed by atoms with Crippen molar-refractivity contribution in [3.8, 4) is 0 Å². The largest absolute Gasteiger partial charge is 0.416 e. The molecule has 1 aromatic carbocycles. The first-order chi connectivity index (χ1) is 7.95. The van der Waals surface area contributed by atoms with Crippen LogP contribution in [0.4, 0.5) is 18.9 Å². The highest BCUT2D eigenvalue weighted by atomic mass is 79.9. The van der Waals surface area contributed by atoms with Crippen LogP contribution in [-0.2, 0) is 10.9 Å². The molecule has 96 valence electrons. The SMILES string of the molecule is CCOCCNc1ccc(C(F)(F)F)cc1Br. The molecule has 0 radical (unpaired) electrons. The number of ether oxygens (including phenoxy) is 1. The third-order valence-electron chi connectivity index (χ3n) is 2.06. The number of hydrogen-bond acceptors (Lipinski definition) is 2. The molecular formula is C11H13BrF3NO. The predicted octanol–water partition coefficient (Wildman–Crippen LogP) is 3.92. The van der Waals surface area contributed by atoms with Crippen molar-refractivity contribution in [1.29, 1.82) is 0 Å². The second-order valence-electron chi connectivity index (χ2n) is 3.32. The maximum Gasteiger partial charge on any atom is 0.416 e. The predicted molar refractivity (Wildman–Crippen MR) is 64.1 cm³/mol. The number of anilines is 1. The Morgan fingerprint density at radius 1 is 1.35 bits per heavy atom. The van der Waals surface area contributed by atoms with E-state index in [2.05, 4.69) is 21.2 Å². The normalized spacial score (nSPS) is 11.6. The number of halogens is 4. The first-order valence-corrected chi connectivity index (χ1v) is 5.92. The fraction of sp³-hybridized carbons (Fsp3) is 0.455. The number of benzene rings is 1. The van der Waals surface area contributed by atoms with Gasteiger partial charge in [-0.3, -0.25) is 0 Å². The Labute approximate surface area is 106 Å². The molecule has 1 aromatic rings. The van der Waals surface area contributed by atoms with Gasteiger partial charge in [0.1, 0.15) is 0 Å². The average Bonchev–Trinajstić information content (AvgIpc) is 2.24. The van der Waals surface area contributed by atoms with Crippen LogP contribution < -0.4 is 5.32 Å². The van der Waals surface area contributed by atoms with E-state index in [-0.39, 0.29) is 0 Å². The number of nitrogens with one attached hydrogen (secondary N) is 1. The van der Waals surface area contributed by atoms with E-state index >= 15 is 0 Å². The van der Waals surface area contributed by atoms with Gasteiger partial charge in [0.05, 0.1) is 12.2 Å². The van der Waals surface area contributed by atoms with Crippen LogP contribution >= 0.6 is 15.9 Å². The second-order valence-corrected chi connectivity index (χ2v) is 4.17. The summed E-state index contributed by atoms with van der Waals surface area (Å²) in [7, 11) is 0. The number of rotatable bonds is 5. The highest BCUT2D eigenvalue weighted by molar-refractivity contribution is 9.10. The Hall–Kier alpha value is -0.750. The summed E-state index contributed by atoms with van der Waals surface area (Å²) in [4.78, 5) is 0. The first kappa shape index (κ1) is 14.3. The van der Waals surface area contributed by atoms with Gasteiger partial charge in [0.2, 0.25) is 0 Å². The molecular weight excluding hydrogens is 299 g/mol. The van der Waals surface area contributed by atoms with Crippen LogP contribution in [0.5, 0.6) is 0 Å². The van der Waals surface area contributed by atoms with Gasteiger partial charge in [-0.15, -0.1) is 0 Å². The van der Waals surface area contributed by atoms with E-state index in [1.54, 1.807) is 0 Å². The van der Waals surface area contributed by atoms with Gasteiger partial charge in [0.25, 0.3) is 0 Å². The van der Waals surface area contributed by atoms with Gasteiger partial charge >= 0.3 is 6.18 Å². The smallest absolute Gasteiger partial charge is 0.382 e. The number of alkyl halides is 3. The fourth-order valence-electron chi connectivity index (χ4n) is 1.24. The van der Waals surface area contributed by atoms with Crippen LogP contribution in [0, 0.1) is 0 Å². The zero-order valence-corrected chi connectivity index (χ0v) is 10.9. The van der Waals surface area contributed by atoms with E-state index in [0.717, 1.165) is 12.1 Å². The molecule has 0 saturated carbocycles. The molecule has 0 saturated heterocycles. The highest BCUT2D eigenvalue weighted by Gasteiger charge is 2.30. The lowest BCUT2D eigenvalue weighted by Gasteiger charge is -2.11. The van der Waals surface area contributed by atoms with E-state index < -0.39 is 11.7 Å². The zero-order chi connectivity index (χ0) is 12.9. The standard InChI is InChI=1S/C11H13BrF3NO/c1-2-17-6-5-16-10-4-3-8(7-9(10)12)11(13,14)15/h3-4,7,16H,2,5-6H2,1H3. The minimum absolute atomic E-state index is 0.392. The molecule has 0 bridgehead atoms. The fourth-order valence-corrected chi connectivity index (χ4v) is 1.76. The van der Waals surface area contributed by atoms with Crippen molar-refractivity contribution >= 4 is 21.6 Å². The van der Waals surface area contributed by atoms with E-state index in [1.807, 2.05) is 6.92 Å². The molecule has 0 aliphatic heterocycles. The quantitative estimate of drug-likeness (QED) is 0.832. The molecule has 0 aliphatic carbocycles. The summed E-state index contributed by atoms with van der Waals surface area (Å²) in [5, 5.41) is 2.99. The minimum Gasteiger partial charge on any atom is -0.382 e. The molecule has 0 spiro atoms. The van der Waals surface area contributed by atoms with Crippen LogP contribution in [-0.4, -0.2) is 19.8 Å². The summed E-state index contributed by atoms with van der Waals surface area (Å²) in [5.74, 6) is 0. The second kappa shape index (κ2) is 6.26. The van der Waals surface area contributed by atoms with Crippen LogP contribution in [0.25, 0.3) is 0 Å². The van der Waals surface area contributed by atoms with Crippen molar-refractivity contribution < 1.29 is 17.9 Å². The molecule has 6 heteroatoms. The Morgan fingerprint density at radius 3 is 2.59 bits per heavy atom. The third-order valence-corrected chi connectivity index (χ3v) is 2.72. The minimum atomic E-state index is -4.31. The monoisotopic (exact) mass is 311 g/mol. The molecule has 17 heavy (non-hydrogen) atoms. The lowest BCUT2D eigenvalue weighted by molar-refractivity contribution is -0.137. The van der Waals surface area contributed by atoms with Gasteiger partial charge in [-0.25, -0.2) is 0 Å². The van der Waals surface area contributed by atoms with Crippen LogP contribution in [0.1, 0.15) is 12.5 Å². The Balaban J connectivity index is 2.64. The Kier molecular flexibility index (Phi) is 5.27. The first-order valence-electron chi connectivity index (χ1n) is 5.13.